The molecule has 0 saturated heterocycles. The van der Waals surface area contributed by atoms with Gasteiger partial charge >= 0.3 is 0 Å². The number of carbonyl (C=O) groups is 2. The molecule has 0 aliphatic rings. The average molecular weight is 382 g/mol. The highest BCUT2D eigenvalue weighted by Crippen LogP contribution is 2.21. The van der Waals surface area contributed by atoms with Crippen LogP contribution in [0, 0.1) is 5.92 Å². The number of fused-ring (bicyclic) bond motifs is 1. The lowest BCUT2D eigenvalue weighted by Gasteiger charge is -2.23. The molecule has 2 atom stereocenters. The lowest BCUT2D eigenvalue weighted by Crippen LogP contribution is -2.50. The molecule has 0 aliphatic carbocycles. The van der Waals surface area contributed by atoms with Gasteiger partial charge in [-0.25, -0.2) is 4.98 Å². The normalized spacial score (nSPS) is 13.1. The highest BCUT2D eigenvalue weighted by atomic mass is 32.1. The van der Waals surface area contributed by atoms with Crippen molar-refractivity contribution in [3.8, 4) is 0 Å². The van der Waals surface area contributed by atoms with E-state index in [0.717, 1.165) is 21.6 Å². The largest absolute Gasteiger partial charge is 0.348 e. The van der Waals surface area contributed by atoms with Crippen LogP contribution in [0.2, 0.25) is 0 Å². The second-order valence-electron chi connectivity index (χ2n) is 6.50. The van der Waals surface area contributed by atoms with E-state index in [1.807, 2.05) is 44.2 Å². The highest BCUT2D eigenvalue weighted by molar-refractivity contribution is 7.18. The number of hydrogen-bond donors (Lipinski definition) is 2. The Morgan fingerprint density at radius 2 is 1.78 bits per heavy atom. The Kier molecular flexibility index (Phi) is 6.19. The fraction of sp³-hybridized carbons (Fsp3) is 0.286. The molecule has 3 aromatic rings. The molecule has 0 saturated carbocycles. The zero-order valence-corrected chi connectivity index (χ0v) is 16.3. The highest BCUT2D eigenvalue weighted by Gasteiger charge is 2.26. The molecule has 2 unspecified atom stereocenters. The van der Waals surface area contributed by atoms with Gasteiger partial charge in [-0.15, -0.1) is 11.3 Å². The first-order chi connectivity index (χ1) is 13.1. The van der Waals surface area contributed by atoms with E-state index in [0.29, 0.717) is 12.1 Å². The Morgan fingerprint density at radius 1 is 1.07 bits per heavy atom. The first kappa shape index (κ1) is 19.0. The second-order valence-corrected chi connectivity index (χ2v) is 7.61. The van der Waals surface area contributed by atoms with Crippen molar-refractivity contribution in [2.45, 2.75) is 32.9 Å². The van der Waals surface area contributed by atoms with E-state index in [4.69, 9.17) is 0 Å². The van der Waals surface area contributed by atoms with Gasteiger partial charge in [-0.05, 0) is 30.2 Å². The van der Waals surface area contributed by atoms with E-state index in [1.54, 1.807) is 35.6 Å². The first-order valence-corrected chi connectivity index (χ1v) is 9.88. The lowest BCUT2D eigenvalue weighted by molar-refractivity contribution is -0.124. The summed E-state index contributed by atoms with van der Waals surface area (Å²) in [5, 5.41) is 6.65. The predicted octanol–water partition coefficient (Wildman–Crippen LogP) is 3.76. The molecule has 5 nitrogen and oxygen atoms in total. The van der Waals surface area contributed by atoms with Crippen LogP contribution in [0.25, 0.3) is 10.2 Å². The van der Waals surface area contributed by atoms with Gasteiger partial charge in [-0.1, -0.05) is 50.6 Å². The van der Waals surface area contributed by atoms with Gasteiger partial charge in [0.25, 0.3) is 5.91 Å². The number of aromatic nitrogens is 1. The molecule has 2 aromatic carbocycles. The molecule has 140 valence electrons. The molecule has 0 spiro atoms. The number of para-hydroxylation sites is 1. The number of thiazole rings is 1. The molecule has 2 amide bonds. The van der Waals surface area contributed by atoms with Gasteiger partial charge in [-0.3, -0.25) is 9.59 Å². The molecule has 0 radical (unpaired) electrons. The SMILES string of the molecule is CCC(C)C(NC(=O)c1ccccc1)C(=O)NCc1nc2ccccc2s1. The fourth-order valence-corrected chi connectivity index (χ4v) is 3.69. The summed E-state index contributed by atoms with van der Waals surface area (Å²) in [7, 11) is 0. The first-order valence-electron chi connectivity index (χ1n) is 9.06. The Morgan fingerprint density at radius 3 is 2.48 bits per heavy atom. The molecule has 0 aliphatic heterocycles. The monoisotopic (exact) mass is 381 g/mol. The summed E-state index contributed by atoms with van der Waals surface area (Å²) in [6.45, 7) is 4.33. The summed E-state index contributed by atoms with van der Waals surface area (Å²) in [5.41, 5.74) is 1.48. The van der Waals surface area contributed by atoms with Crippen molar-refractivity contribution in [2.24, 2.45) is 5.92 Å². The third-order valence-electron chi connectivity index (χ3n) is 4.57. The summed E-state index contributed by atoms with van der Waals surface area (Å²) in [4.78, 5) is 29.8. The van der Waals surface area contributed by atoms with Crippen molar-refractivity contribution in [3.63, 3.8) is 0 Å². The molecule has 6 heteroatoms. The zero-order chi connectivity index (χ0) is 19.2. The van der Waals surface area contributed by atoms with E-state index >= 15 is 0 Å². The molecule has 0 fully saturated rings. The predicted molar refractivity (Wildman–Crippen MR) is 109 cm³/mol. The van der Waals surface area contributed by atoms with Crippen molar-refractivity contribution in [1.29, 1.82) is 0 Å². The van der Waals surface area contributed by atoms with Gasteiger partial charge < -0.3 is 10.6 Å². The molecule has 2 N–H and O–H groups in total. The van der Waals surface area contributed by atoms with Crippen LogP contribution >= 0.6 is 11.3 Å². The quantitative estimate of drug-likeness (QED) is 0.655. The Bertz CT molecular complexity index is 890. The van der Waals surface area contributed by atoms with Crippen molar-refractivity contribution >= 4 is 33.4 Å². The van der Waals surface area contributed by atoms with Crippen molar-refractivity contribution in [2.75, 3.05) is 0 Å². The van der Waals surface area contributed by atoms with Gasteiger partial charge in [0.2, 0.25) is 5.91 Å². The molecular weight excluding hydrogens is 358 g/mol. The van der Waals surface area contributed by atoms with Crippen LogP contribution in [-0.2, 0) is 11.3 Å². The minimum atomic E-state index is -0.586. The van der Waals surface area contributed by atoms with E-state index < -0.39 is 6.04 Å². The van der Waals surface area contributed by atoms with Crippen molar-refractivity contribution in [3.05, 3.63) is 65.2 Å². The number of benzene rings is 2. The fourth-order valence-electron chi connectivity index (χ4n) is 2.78. The molecule has 27 heavy (non-hydrogen) atoms. The van der Waals surface area contributed by atoms with Crippen LogP contribution < -0.4 is 10.6 Å². The number of nitrogens with one attached hydrogen (secondary N) is 2. The molecule has 0 bridgehead atoms. The third kappa shape index (κ3) is 4.71. The van der Waals surface area contributed by atoms with Crippen LogP contribution in [0.15, 0.2) is 54.6 Å². The van der Waals surface area contributed by atoms with Crippen LogP contribution in [0.3, 0.4) is 0 Å². The minimum absolute atomic E-state index is 0.0213. The van der Waals surface area contributed by atoms with E-state index in [9.17, 15) is 9.59 Å². The number of carbonyl (C=O) groups excluding carboxylic acids is 2. The lowest BCUT2D eigenvalue weighted by atomic mass is 9.98. The third-order valence-corrected chi connectivity index (χ3v) is 5.61. The summed E-state index contributed by atoms with van der Waals surface area (Å²) in [5.74, 6) is -0.406. The van der Waals surface area contributed by atoms with Crippen LogP contribution in [-0.4, -0.2) is 22.8 Å². The maximum atomic E-state index is 12.7. The van der Waals surface area contributed by atoms with Crippen molar-refractivity contribution < 1.29 is 9.59 Å². The smallest absolute Gasteiger partial charge is 0.251 e. The number of nitrogens with zero attached hydrogens (tertiary/aromatic N) is 1. The number of hydrogen-bond acceptors (Lipinski definition) is 4. The maximum absolute atomic E-state index is 12.7. The van der Waals surface area contributed by atoms with Crippen LogP contribution in [0.4, 0.5) is 0 Å². The summed E-state index contributed by atoms with van der Waals surface area (Å²) >= 11 is 1.56. The van der Waals surface area contributed by atoms with Gasteiger partial charge in [0.15, 0.2) is 0 Å². The number of amides is 2. The van der Waals surface area contributed by atoms with Crippen LogP contribution in [0.5, 0.6) is 0 Å². The standard InChI is InChI=1S/C21H23N3O2S/c1-3-14(2)19(24-20(25)15-9-5-4-6-10-15)21(26)22-13-18-23-16-11-7-8-12-17(16)27-18/h4-12,14,19H,3,13H2,1-2H3,(H,22,26)(H,24,25). The topological polar surface area (TPSA) is 71.1 Å². The Hall–Kier alpha value is -2.73. The summed E-state index contributed by atoms with van der Waals surface area (Å²) in [6.07, 6.45) is 0.786. The average Bonchev–Trinajstić information content (AvgIpc) is 3.13. The molecular formula is C21H23N3O2S. The maximum Gasteiger partial charge on any atom is 0.251 e. The van der Waals surface area contributed by atoms with Gasteiger partial charge in [0, 0.05) is 5.56 Å². The summed E-state index contributed by atoms with van der Waals surface area (Å²) < 4.78 is 1.10. The Balaban J connectivity index is 1.66. The van der Waals surface area contributed by atoms with Crippen molar-refractivity contribution in [1.82, 2.24) is 15.6 Å². The van der Waals surface area contributed by atoms with Gasteiger partial charge in [-0.2, -0.15) is 0 Å². The second kappa shape index (κ2) is 8.77. The molecule has 1 aromatic heterocycles. The summed E-state index contributed by atoms with van der Waals surface area (Å²) in [6, 6.07) is 16.2. The molecule has 1 heterocycles. The molecule has 3 rings (SSSR count). The van der Waals surface area contributed by atoms with E-state index in [1.165, 1.54) is 0 Å². The Labute approximate surface area is 162 Å². The minimum Gasteiger partial charge on any atom is -0.348 e. The van der Waals surface area contributed by atoms with E-state index in [2.05, 4.69) is 15.6 Å². The van der Waals surface area contributed by atoms with E-state index in [-0.39, 0.29) is 17.7 Å². The zero-order valence-electron chi connectivity index (χ0n) is 15.4. The van der Waals surface area contributed by atoms with Gasteiger partial charge in [0.1, 0.15) is 11.0 Å². The van der Waals surface area contributed by atoms with Crippen LogP contribution in [0.1, 0.15) is 35.6 Å². The van der Waals surface area contributed by atoms with Gasteiger partial charge in [0.05, 0.1) is 16.8 Å². The number of rotatable bonds is 7.